The molecule has 2 heterocycles. The molecule has 1 amide bonds. The highest BCUT2D eigenvalue weighted by atomic mass is 16.1. The molecule has 2 fully saturated rings. The van der Waals surface area contributed by atoms with Crippen molar-refractivity contribution in [3.05, 3.63) is 41.7 Å². The van der Waals surface area contributed by atoms with Crippen LogP contribution in [0.5, 0.6) is 0 Å². The molecule has 1 atom stereocenters. The van der Waals surface area contributed by atoms with Gasteiger partial charge in [0, 0.05) is 37.3 Å². The van der Waals surface area contributed by atoms with Crippen LogP contribution >= 0.6 is 0 Å². The Morgan fingerprint density at radius 3 is 2.83 bits per heavy atom. The van der Waals surface area contributed by atoms with E-state index < -0.39 is 0 Å². The fourth-order valence-corrected chi connectivity index (χ4v) is 4.05. The smallest absolute Gasteiger partial charge is 0.224 e. The quantitative estimate of drug-likeness (QED) is 0.734. The lowest BCUT2D eigenvalue weighted by atomic mass is 9.93. The van der Waals surface area contributed by atoms with E-state index >= 15 is 0 Å². The lowest BCUT2D eigenvalue weighted by Crippen LogP contribution is -2.36. The molecule has 2 N–H and O–H groups in total. The van der Waals surface area contributed by atoms with Gasteiger partial charge >= 0.3 is 0 Å². The molecule has 2 aliphatic rings. The standard InChI is InChI=1S/C23H31N5O/c1-16-5-9-20(17(2)12-16)27-23(29)10-6-18-4-3-11-28(14-18)22-13-21(24-15-25-22)26-19-7-8-19/h5,9,12-13,15,18-19H,3-4,6-8,10-11,14H2,1-2H3,(H,27,29)(H,24,25,26)/t18-/m0/s1. The minimum atomic E-state index is 0.104. The first-order chi connectivity index (χ1) is 14.1. The van der Waals surface area contributed by atoms with Crippen molar-refractivity contribution >= 4 is 23.2 Å². The van der Waals surface area contributed by atoms with Crippen molar-refractivity contribution in [3.8, 4) is 0 Å². The molecule has 154 valence electrons. The molecule has 6 heteroatoms. The Hall–Kier alpha value is -2.63. The maximum absolute atomic E-state index is 12.4. The molecule has 6 nitrogen and oxygen atoms in total. The Kier molecular flexibility index (Phi) is 5.97. The van der Waals surface area contributed by atoms with E-state index in [4.69, 9.17) is 0 Å². The summed E-state index contributed by atoms with van der Waals surface area (Å²) < 4.78 is 0. The summed E-state index contributed by atoms with van der Waals surface area (Å²) in [5.74, 6) is 2.54. The predicted molar refractivity (Wildman–Crippen MR) is 117 cm³/mol. The summed E-state index contributed by atoms with van der Waals surface area (Å²) in [5, 5.41) is 6.52. The van der Waals surface area contributed by atoms with E-state index in [2.05, 4.69) is 44.6 Å². The van der Waals surface area contributed by atoms with E-state index in [1.54, 1.807) is 6.33 Å². The summed E-state index contributed by atoms with van der Waals surface area (Å²) in [6.45, 7) is 6.08. The summed E-state index contributed by atoms with van der Waals surface area (Å²) in [4.78, 5) is 23.6. The van der Waals surface area contributed by atoms with Gasteiger partial charge in [-0.05, 0) is 63.5 Å². The van der Waals surface area contributed by atoms with Crippen LogP contribution in [-0.4, -0.2) is 35.0 Å². The normalized spacial score (nSPS) is 19.1. The van der Waals surface area contributed by atoms with Crippen LogP contribution in [-0.2, 0) is 4.79 Å². The Bertz CT molecular complexity index is 864. The van der Waals surface area contributed by atoms with Gasteiger partial charge in [-0.2, -0.15) is 0 Å². The topological polar surface area (TPSA) is 70.2 Å². The number of carbonyl (C=O) groups excluding carboxylic acids is 1. The van der Waals surface area contributed by atoms with E-state index in [1.165, 1.54) is 24.8 Å². The number of benzene rings is 1. The second-order valence-corrected chi connectivity index (χ2v) is 8.54. The molecule has 0 spiro atoms. The van der Waals surface area contributed by atoms with Crippen molar-refractivity contribution in [2.75, 3.05) is 28.6 Å². The largest absolute Gasteiger partial charge is 0.367 e. The fourth-order valence-electron chi connectivity index (χ4n) is 4.05. The number of carbonyl (C=O) groups is 1. The minimum absolute atomic E-state index is 0.104. The van der Waals surface area contributed by atoms with Crippen LogP contribution in [0.2, 0.25) is 0 Å². The molecule has 0 radical (unpaired) electrons. The van der Waals surface area contributed by atoms with Crippen LogP contribution in [0.1, 0.15) is 49.7 Å². The number of hydrogen-bond acceptors (Lipinski definition) is 5. The average Bonchev–Trinajstić information content (AvgIpc) is 3.53. The summed E-state index contributed by atoms with van der Waals surface area (Å²) >= 11 is 0. The minimum Gasteiger partial charge on any atom is -0.367 e. The van der Waals surface area contributed by atoms with E-state index in [0.29, 0.717) is 18.4 Å². The average molecular weight is 394 g/mol. The molecule has 29 heavy (non-hydrogen) atoms. The summed E-state index contributed by atoms with van der Waals surface area (Å²) in [6, 6.07) is 8.78. The van der Waals surface area contributed by atoms with Crippen LogP contribution in [0.3, 0.4) is 0 Å². The van der Waals surface area contributed by atoms with Gasteiger partial charge < -0.3 is 15.5 Å². The lowest BCUT2D eigenvalue weighted by Gasteiger charge is -2.33. The van der Waals surface area contributed by atoms with Gasteiger partial charge in [-0.15, -0.1) is 0 Å². The fraction of sp³-hybridized carbons (Fsp3) is 0.522. The molecule has 0 unspecified atom stereocenters. The molecule has 1 aromatic heterocycles. The molecular weight excluding hydrogens is 362 g/mol. The number of piperidine rings is 1. The first kappa shape index (κ1) is 19.7. The molecule has 0 bridgehead atoms. The van der Waals surface area contributed by atoms with Crippen LogP contribution in [0.25, 0.3) is 0 Å². The zero-order valence-electron chi connectivity index (χ0n) is 17.4. The van der Waals surface area contributed by atoms with Crippen LogP contribution in [0.15, 0.2) is 30.6 Å². The van der Waals surface area contributed by atoms with E-state index in [1.807, 2.05) is 19.1 Å². The van der Waals surface area contributed by atoms with Crippen molar-refractivity contribution < 1.29 is 4.79 Å². The highest BCUT2D eigenvalue weighted by Gasteiger charge is 2.24. The van der Waals surface area contributed by atoms with E-state index in [0.717, 1.165) is 48.8 Å². The molecule has 4 rings (SSSR count). The molecular formula is C23H31N5O. The SMILES string of the molecule is Cc1ccc(NC(=O)CC[C@@H]2CCCN(c3cc(NC4CC4)ncn3)C2)c(C)c1. The summed E-state index contributed by atoms with van der Waals surface area (Å²) in [6.07, 6.45) is 7.89. The lowest BCUT2D eigenvalue weighted by molar-refractivity contribution is -0.116. The number of aryl methyl sites for hydroxylation is 2. The zero-order chi connectivity index (χ0) is 20.2. The highest BCUT2D eigenvalue weighted by Crippen LogP contribution is 2.28. The Labute approximate surface area is 173 Å². The van der Waals surface area contributed by atoms with Crippen molar-refractivity contribution in [2.24, 2.45) is 5.92 Å². The van der Waals surface area contributed by atoms with Gasteiger partial charge in [0.15, 0.2) is 0 Å². The molecule has 1 saturated carbocycles. The van der Waals surface area contributed by atoms with Crippen LogP contribution < -0.4 is 15.5 Å². The Morgan fingerprint density at radius 2 is 2.03 bits per heavy atom. The third-order valence-corrected chi connectivity index (χ3v) is 5.86. The number of amides is 1. The zero-order valence-corrected chi connectivity index (χ0v) is 17.4. The number of hydrogen-bond donors (Lipinski definition) is 2. The Balaban J connectivity index is 1.29. The van der Waals surface area contributed by atoms with Gasteiger partial charge in [-0.3, -0.25) is 4.79 Å². The van der Waals surface area contributed by atoms with Gasteiger partial charge in [-0.1, -0.05) is 17.7 Å². The number of rotatable bonds is 7. The predicted octanol–water partition coefficient (Wildman–Crippen LogP) is 4.30. The molecule has 1 saturated heterocycles. The number of aromatic nitrogens is 2. The number of nitrogens with one attached hydrogen (secondary N) is 2. The third-order valence-electron chi connectivity index (χ3n) is 5.86. The number of nitrogens with zero attached hydrogens (tertiary/aromatic N) is 3. The van der Waals surface area contributed by atoms with Gasteiger partial charge in [0.2, 0.25) is 5.91 Å². The van der Waals surface area contributed by atoms with E-state index in [-0.39, 0.29) is 5.91 Å². The second-order valence-electron chi connectivity index (χ2n) is 8.54. The van der Waals surface area contributed by atoms with Gasteiger partial charge in [0.25, 0.3) is 0 Å². The van der Waals surface area contributed by atoms with Crippen molar-refractivity contribution in [2.45, 2.75) is 58.4 Å². The highest BCUT2D eigenvalue weighted by molar-refractivity contribution is 5.91. The third kappa shape index (κ3) is 5.46. The molecule has 1 aromatic carbocycles. The first-order valence-electron chi connectivity index (χ1n) is 10.8. The van der Waals surface area contributed by atoms with E-state index in [9.17, 15) is 4.79 Å². The van der Waals surface area contributed by atoms with Crippen LogP contribution in [0.4, 0.5) is 17.3 Å². The van der Waals surface area contributed by atoms with Gasteiger partial charge in [0.1, 0.15) is 18.0 Å². The monoisotopic (exact) mass is 393 g/mol. The second kappa shape index (κ2) is 8.80. The Morgan fingerprint density at radius 1 is 1.17 bits per heavy atom. The van der Waals surface area contributed by atoms with Crippen molar-refractivity contribution in [1.82, 2.24) is 9.97 Å². The first-order valence-corrected chi connectivity index (χ1v) is 10.8. The summed E-state index contributed by atoms with van der Waals surface area (Å²) in [7, 11) is 0. The van der Waals surface area contributed by atoms with Crippen molar-refractivity contribution in [3.63, 3.8) is 0 Å². The van der Waals surface area contributed by atoms with Crippen LogP contribution in [0, 0.1) is 19.8 Å². The van der Waals surface area contributed by atoms with Gasteiger partial charge in [0.05, 0.1) is 0 Å². The molecule has 1 aliphatic heterocycles. The summed E-state index contributed by atoms with van der Waals surface area (Å²) in [5.41, 5.74) is 3.24. The maximum atomic E-state index is 12.4. The maximum Gasteiger partial charge on any atom is 0.224 e. The van der Waals surface area contributed by atoms with Gasteiger partial charge in [-0.25, -0.2) is 9.97 Å². The van der Waals surface area contributed by atoms with Crippen molar-refractivity contribution in [1.29, 1.82) is 0 Å². The molecule has 2 aromatic rings. The number of anilines is 3. The molecule has 1 aliphatic carbocycles.